The molecule has 0 radical (unpaired) electrons. The second-order valence-corrected chi connectivity index (χ2v) is 3.11. The highest BCUT2D eigenvalue weighted by molar-refractivity contribution is 7.09. The van der Waals surface area contributed by atoms with Crippen LogP contribution in [0.1, 0.15) is 19.7 Å². The molecule has 3 nitrogen and oxygen atoms in total. The standard InChI is InChI=1S/C8H11N3S/c1-4-5-6(2)9-8-10-7(3)11-12-8/h4-5H,1-3H3/b5-4-,9-6?. The van der Waals surface area contributed by atoms with Gasteiger partial charge in [-0.15, -0.1) is 0 Å². The summed E-state index contributed by atoms with van der Waals surface area (Å²) < 4.78 is 4.03. The van der Waals surface area contributed by atoms with E-state index in [4.69, 9.17) is 0 Å². The molecular formula is C8H11N3S. The maximum absolute atomic E-state index is 4.24. The maximum Gasteiger partial charge on any atom is 0.229 e. The summed E-state index contributed by atoms with van der Waals surface area (Å²) in [6.45, 7) is 5.77. The molecule has 0 spiro atoms. The number of hydrogen-bond acceptors (Lipinski definition) is 4. The van der Waals surface area contributed by atoms with E-state index < -0.39 is 0 Å². The molecule has 12 heavy (non-hydrogen) atoms. The van der Waals surface area contributed by atoms with Gasteiger partial charge in [0.2, 0.25) is 5.13 Å². The second-order valence-electron chi connectivity index (χ2n) is 2.38. The molecule has 0 bridgehead atoms. The molecule has 0 fully saturated rings. The van der Waals surface area contributed by atoms with Crippen LogP contribution in [0.15, 0.2) is 17.1 Å². The van der Waals surface area contributed by atoms with Gasteiger partial charge in [0.1, 0.15) is 5.82 Å². The third kappa shape index (κ3) is 2.54. The molecule has 0 aliphatic rings. The zero-order valence-corrected chi connectivity index (χ0v) is 8.22. The van der Waals surface area contributed by atoms with Crippen LogP contribution in [0.3, 0.4) is 0 Å². The van der Waals surface area contributed by atoms with Gasteiger partial charge >= 0.3 is 0 Å². The Hall–Kier alpha value is -1.03. The van der Waals surface area contributed by atoms with Crippen LogP contribution >= 0.6 is 11.5 Å². The van der Waals surface area contributed by atoms with Gasteiger partial charge in [-0.2, -0.15) is 4.37 Å². The monoisotopic (exact) mass is 181 g/mol. The zero-order chi connectivity index (χ0) is 8.97. The van der Waals surface area contributed by atoms with Crippen molar-refractivity contribution >= 4 is 22.4 Å². The van der Waals surface area contributed by atoms with Gasteiger partial charge in [-0.25, -0.2) is 9.98 Å². The largest absolute Gasteiger partial charge is 0.229 e. The lowest BCUT2D eigenvalue weighted by Gasteiger charge is -1.86. The Morgan fingerprint density at radius 3 is 2.83 bits per heavy atom. The fraction of sp³-hybridized carbons (Fsp3) is 0.375. The van der Waals surface area contributed by atoms with Crippen molar-refractivity contribution in [3.63, 3.8) is 0 Å². The van der Waals surface area contributed by atoms with Crippen LogP contribution in [0.4, 0.5) is 5.13 Å². The fourth-order valence-corrected chi connectivity index (χ4v) is 1.37. The number of aryl methyl sites for hydroxylation is 1. The molecule has 1 aromatic heterocycles. The van der Waals surface area contributed by atoms with E-state index in [1.165, 1.54) is 11.5 Å². The first-order valence-electron chi connectivity index (χ1n) is 3.70. The zero-order valence-electron chi connectivity index (χ0n) is 7.40. The van der Waals surface area contributed by atoms with Crippen LogP contribution in [0.2, 0.25) is 0 Å². The maximum atomic E-state index is 4.24. The van der Waals surface area contributed by atoms with Gasteiger partial charge in [-0.1, -0.05) is 6.08 Å². The number of aromatic nitrogens is 2. The average molecular weight is 181 g/mol. The lowest BCUT2D eigenvalue weighted by molar-refractivity contribution is 1.16. The molecule has 0 saturated carbocycles. The lowest BCUT2D eigenvalue weighted by Crippen LogP contribution is -1.81. The van der Waals surface area contributed by atoms with Gasteiger partial charge in [-0.05, 0) is 26.8 Å². The number of allylic oxidation sites excluding steroid dienone is 2. The van der Waals surface area contributed by atoms with E-state index >= 15 is 0 Å². The van der Waals surface area contributed by atoms with E-state index in [1.54, 1.807) is 0 Å². The Balaban J connectivity index is 2.80. The fourth-order valence-electron chi connectivity index (χ4n) is 0.761. The topological polar surface area (TPSA) is 38.1 Å². The molecule has 0 unspecified atom stereocenters. The summed E-state index contributed by atoms with van der Waals surface area (Å²) in [7, 11) is 0. The van der Waals surface area contributed by atoms with Crippen molar-refractivity contribution in [3.05, 3.63) is 18.0 Å². The molecule has 1 heterocycles. The Morgan fingerprint density at radius 2 is 2.33 bits per heavy atom. The Labute approximate surface area is 76.0 Å². The molecule has 0 amide bonds. The summed E-state index contributed by atoms with van der Waals surface area (Å²) in [5.74, 6) is 0.784. The molecule has 4 heteroatoms. The highest BCUT2D eigenvalue weighted by Crippen LogP contribution is 2.14. The van der Waals surface area contributed by atoms with E-state index in [1.807, 2.05) is 32.9 Å². The van der Waals surface area contributed by atoms with Crippen molar-refractivity contribution in [2.75, 3.05) is 0 Å². The highest BCUT2D eigenvalue weighted by Gasteiger charge is 1.96. The van der Waals surface area contributed by atoms with Crippen molar-refractivity contribution in [2.45, 2.75) is 20.8 Å². The molecule has 0 aliphatic heterocycles. The van der Waals surface area contributed by atoms with Gasteiger partial charge in [0.15, 0.2) is 0 Å². The average Bonchev–Trinajstić information content (AvgIpc) is 2.36. The summed E-state index contributed by atoms with van der Waals surface area (Å²) in [4.78, 5) is 8.36. The van der Waals surface area contributed by atoms with Gasteiger partial charge in [0.05, 0.1) is 0 Å². The molecule has 0 atom stereocenters. The van der Waals surface area contributed by atoms with E-state index in [2.05, 4.69) is 14.3 Å². The summed E-state index contributed by atoms with van der Waals surface area (Å²) in [5.41, 5.74) is 0.952. The van der Waals surface area contributed by atoms with Crippen LogP contribution in [-0.4, -0.2) is 15.1 Å². The van der Waals surface area contributed by atoms with Crippen molar-refractivity contribution < 1.29 is 0 Å². The number of nitrogens with zero attached hydrogens (tertiary/aromatic N) is 3. The molecule has 0 saturated heterocycles. The van der Waals surface area contributed by atoms with E-state index in [-0.39, 0.29) is 0 Å². The number of rotatable bonds is 2. The Kier molecular flexibility index (Phi) is 3.10. The molecule has 0 aliphatic carbocycles. The number of hydrogen-bond donors (Lipinski definition) is 0. The lowest BCUT2D eigenvalue weighted by atomic mass is 10.4. The van der Waals surface area contributed by atoms with Crippen molar-refractivity contribution in [3.8, 4) is 0 Å². The first kappa shape index (κ1) is 9.06. The first-order chi connectivity index (χ1) is 5.72. The number of aliphatic imine (C=N–C) groups is 1. The molecular weight excluding hydrogens is 170 g/mol. The summed E-state index contributed by atoms with van der Waals surface area (Å²) in [6.07, 6.45) is 3.89. The Bertz CT molecular complexity index is 312. The van der Waals surface area contributed by atoms with Crippen LogP contribution in [-0.2, 0) is 0 Å². The first-order valence-corrected chi connectivity index (χ1v) is 4.48. The minimum atomic E-state index is 0.725. The third-order valence-corrected chi connectivity index (χ3v) is 1.90. The normalized spacial score (nSPS) is 12.8. The summed E-state index contributed by atoms with van der Waals surface area (Å²) in [6, 6.07) is 0. The Morgan fingerprint density at radius 1 is 1.58 bits per heavy atom. The highest BCUT2D eigenvalue weighted by atomic mass is 32.1. The van der Waals surface area contributed by atoms with E-state index in [0.717, 1.165) is 16.7 Å². The molecule has 0 N–H and O–H groups in total. The van der Waals surface area contributed by atoms with Crippen molar-refractivity contribution in [1.82, 2.24) is 9.36 Å². The minimum Gasteiger partial charge on any atom is -0.223 e. The van der Waals surface area contributed by atoms with Crippen LogP contribution < -0.4 is 0 Å². The summed E-state index contributed by atoms with van der Waals surface area (Å²) in [5, 5.41) is 0.725. The smallest absolute Gasteiger partial charge is 0.223 e. The van der Waals surface area contributed by atoms with Crippen molar-refractivity contribution in [2.24, 2.45) is 4.99 Å². The SMILES string of the molecule is C/C=C\C(C)=Nc1nc(C)ns1. The van der Waals surface area contributed by atoms with Gasteiger partial charge < -0.3 is 0 Å². The van der Waals surface area contributed by atoms with Crippen molar-refractivity contribution in [1.29, 1.82) is 0 Å². The van der Waals surface area contributed by atoms with Gasteiger partial charge in [-0.3, -0.25) is 0 Å². The minimum absolute atomic E-state index is 0.725. The van der Waals surface area contributed by atoms with Crippen LogP contribution in [0.25, 0.3) is 0 Å². The van der Waals surface area contributed by atoms with E-state index in [9.17, 15) is 0 Å². The second kappa shape index (κ2) is 4.11. The van der Waals surface area contributed by atoms with Gasteiger partial charge in [0.25, 0.3) is 0 Å². The molecule has 64 valence electrons. The van der Waals surface area contributed by atoms with Crippen LogP contribution in [0, 0.1) is 6.92 Å². The molecule has 0 aromatic carbocycles. The summed E-state index contributed by atoms with van der Waals surface area (Å²) >= 11 is 1.32. The predicted octanol–water partition coefficient (Wildman–Crippen LogP) is 2.52. The quantitative estimate of drug-likeness (QED) is 0.657. The molecule has 1 rings (SSSR count). The van der Waals surface area contributed by atoms with Crippen LogP contribution in [0.5, 0.6) is 0 Å². The van der Waals surface area contributed by atoms with E-state index in [0.29, 0.717) is 0 Å². The predicted molar refractivity (Wildman–Crippen MR) is 52.2 cm³/mol. The third-order valence-electron chi connectivity index (χ3n) is 1.20. The molecule has 1 aromatic rings. The van der Waals surface area contributed by atoms with Gasteiger partial charge in [0, 0.05) is 17.2 Å².